The minimum Gasteiger partial charge on any atom is -0.505 e. The number of nitrogens with two attached hydrogens (primary N) is 1. The summed E-state index contributed by atoms with van der Waals surface area (Å²) < 4.78 is 13.9. The Bertz CT molecular complexity index is 904. The highest BCUT2D eigenvalue weighted by molar-refractivity contribution is 5.57. The summed E-state index contributed by atoms with van der Waals surface area (Å²) in [5.74, 6) is 6.92. The summed E-state index contributed by atoms with van der Waals surface area (Å²) in [5.41, 5.74) is 0.359. The van der Waals surface area contributed by atoms with E-state index in [1.165, 1.54) is 42.5 Å². The number of hydrazine groups is 1. The van der Waals surface area contributed by atoms with Gasteiger partial charge in [-0.3, -0.25) is 4.90 Å². The Hall–Kier alpha value is -2.52. The molecule has 2 heterocycles. The molecule has 0 amide bonds. The molecule has 1 atom stereocenters. The summed E-state index contributed by atoms with van der Waals surface area (Å²) in [6.45, 7) is 5.11. The van der Waals surface area contributed by atoms with Crippen LogP contribution in [0, 0.1) is 5.82 Å². The van der Waals surface area contributed by atoms with Crippen molar-refractivity contribution in [2.45, 2.75) is 70.3 Å². The molecule has 4 rings (SSSR count). The summed E-state index contributed by atoms with van der Waals surface area (Å²) in [7, 11) is 0. The quantitative estimate of drug-likeness (QED) is 0.334. The predicted octanol–water partition coefficient (Wildman–Crippen LogP) is 4.06. The highest BCUT2D eigenvalue weighted by Crippen LogP contribution is 2.32. The van der Waals surface area contributed by atoms with Gasteiger partial charge in [0.2, 0.25) is 11.9 Å². The number of benzene rings is 1. The van der Waals surface area contributed by atoms with Crippen molar-refractivity contribution in [3.05, 3.63) is 29.8 Å². The monoisotopic (exact) mass is 443 g/mol. The van der Waals surface area contributed by atoms with Crippen LogP contribution in [0.25, 0.3) is 0 Å². The second-order valence-corrected chi connectivity index (χ2v) is 8.82. The zero-order chi connectivity index (χ0) is 22.5. The molecule has 1 aromatic carbocycles. The number of nitrogens with one attached hydrogen (secondary N) is 1. The van der Waals surface area contributed by atoms with Crippen molar-refractivity contribution in [2.24, 2.45) is 5.84 Å². The van der Waals surface area contributed by atoms with Crippen molar-refractivity contribution in [2.75, 3.05) is 30.0 Å². The Morgan fingerprint density at radius 3 is 2.62 bits per heavy atom. The van der Waals surface area contributed by atoms with Gasteiger partial charge in [0, 0.05) is 24.6 Å². The Labute approximate surface area is 189 Å². The number of phenols is 1. The summed E-state index contributed by atoms with van der Waals surface area (Å²) >= 11 is 0. The van der Waals surface area contributed by atoms with Gasteiger partial charge in [-0.15, -0.1) is 0 Å². The molecule has 32 heavy (non-hydrogen) atoms. The number of rotatable bonds is 7. The third-order valence-electron chi connectivity index (χ3n) is 6.69. The van der Waals surface area contributed by atoms with Gasteiger partial charge in [0.1, 0.15) is 5.82 Å². The number of aromatic hydroxyl groups is 1. The fourth-order valence-electron chi connectivity index (χ4n) is 4.80. The molecular formula is C23H34FN7O. The van der Waals surface area contributed by atoms with Crippen molar-refractivity contribution in [3.63, 3.8) is 0 Å². The van der Waals surface area contributed by atoms with Gasteiger partial charge in [-0.25, -0.2) is 15.2 Å². The van der Waals surface area contributed by atoms with Gasteiger partial charge in [0.25, 0.3) is 0 Å². The van der Waals surface area contributed by atoms with E-state index < -0.39 is 11.6 Å². The van der Waals surface area contributed by atoms with E-state index >= 15 is 0 Å². The van der Waals surface area contributed by atoms with Crippen molar-refractivity contribution in [1.29, 1.82) is 0 Å². The van der Waals surface area contributed by atoms with Gasteiger partial charge in [-0.05, 0) is 50.9 Å². The van der Waals surface area contributed by atoms with Gasteiger partial charge < -0.3 is 10.4 Å². The van der Waals surface area contributed by atoms with Crippen LogP contribution in [-0.4, -0.2) is 50.6 Å². The maximum absolute atomic E-state index is 13.9. The lowest BCUT2D eigenvalue weighted by Gasteiger charge is -2.24. The molecule has 1 aliphatic carbocycles. The van der Waals surface area contributed by atoms with Crippen LogP contribution in [0.2, 0.25) is 0 Å². The fraction of sp³-hybridized carbons (Fsp3) is 0.609. The number of anilines is 3. The molecule has 2 aromatic rings. The average Bonchev–Trinajstić information content (AvgIpc) is 3.09. The van der Waals surface area contributed by atoms with E-state index in [1.54, 1.807) is 0 Å². The van der Waals surface area contributed by atoms with E-state index in [-0.39, 0.29) is 11.9 Å². The Morgan fingerprint density at radius 1 is 1.12 bits per heavy atom. The van der Waals surface area contributed by atoms with Crippen molar-refractivity contribution >= 4 is 17.6 Å². The number of aromatic nitrogens is 3. The zero-order valence-electron chi connectivity index (χ0n) is 18.8. The highest BCUT2D eigenvalue weighted by atomic mass is 19.1. The first kappa shape index (κ1) is 22.7. The largest absolute Gasteiger partial charge is 0.505 e. The molecule has 9 heteroatoms. The van der Waals surface area contributed by atoms with E-state index in [4.69, 9.17) is 10.8 Å². The van der Waals surface area contributed by atoms with Crippen molar-refractivity contribution in [1.82, 2.24) is 19.9 Å². The summed E-state index contributed by atoms with van der Waals surface area (Å²) in [6.07, 6.45) is 9.27. The lowest BCUT2D eigenvalue weighted by atomic mass is 10.00. The SMILES string of the molecule is CCN1CCCC1CNc1nc(C2CCCCCC2)nc(N(N)c2ccc(O)c(F)c2)n1. The Balaban J connectivity index is 1.61. The van der Waals surface area contributed by atoms with Crippen LogP contribution in [0.15, 0.2) is 18.2 Å². The molecule has 1 unspecified atom stereocenters. The van der Waals surface area contributed by atoms with Crippen LogP contribution in [0.5, 0.6) is 5.75 Å². The maximum Gasteiger partial charge on any atom is 0.249 e. The van der Waals surface area contributed by atoms with E-state index in [0.717, 1.165) is 57.6 Å². The molecule has 2 fully saturated rings. The molecule has 1 aromatic heterocycles. The average molecular weight is 444 g/mol. The first-order chi connectivity index (χ1) is 15.5. The Kier molecular flexibility index (Phi) is 7.36. The molecule has 0 bridgehead atoms. The first-order valence-electron chi connectivity index (χ1n) is 11.8. The second-order valence-electron chi connectivity index (χ2n) is 8.82. The number of hydrogen-bond donors (Lipinski definition) is 3. The van der Waals surface area contributed by atoms with Gasteiger partial charge in [-0.1, -0.05) is 32.6 Å². The van der Waals surface area contributed by atoms with Crippen LogP contribution < -0.4 is 16.2 Å². The summed E-state index contributed by atoms with van der Waals surface area (Å²) in [5, 5.41) is 14.2. The van der Waals surface area contributed by atoms with Crippen molar-refractivity contribution < 1.29 is 9.50 Å². The molecule has 4 N–H and O–H groups in total. The topological polar surface area (TPSA) is 103 Å². The maximum atomic E-state index is 13.9. The van der Waals surface area contributed by atoms with Crippen molar-refractivity contribution in [3.8, 4) is 5.75 Å². The number of nitrogens with zero attached hydrogens (tertiary/aromatic N) is 5. The van der Waals surface area contributed by atoms with Gasteiger partial charge in [-0.2, -0.15) is 15.0 Å². The molecule has 1 aliphatic heterocycles. The third kappa shape index (κ3) is 5.27. The minimum absolute atomic E-state index is 0.267. The number of likely N-dealkylation sites (N-methyl/N-ethyl adjacent to an activating group) is 1. The third-order valence-corrected chi connectivity index (χ3v) is 6.69. The Morgan fingerprint density at radius 2 is 1.91 bits per heavy atom. The molecule has 0 radical (unpaired) electrons. The minimum atomic E-state index is -0.741. The van der Waals surface area contributed by atoms with Crippen LogP contribution >= 0.6 is 0 Å². The first-order valence-corrected chi connectivity index (χ1v) is 11.8. The molecule has 1 saturated carbocycles. The highest BCUT2D eigenvalue weighted by Gasteiger charge is 2.24. The van der Waals surface area contributed by atoms with Gasteiger partial charge in [0.15, 0.2) is 11.6 Å². The summed E-state index contributed by atoms with van der Waals surface area (Å²) in [4.78, 5) is 16.5. The number of phenolic OH excluding ortho intramolecular Hbond substituents is 1. The lowest BCUT2D eigenvalue weighted by molar-refractivity contribution is 0.276. The van der Waals surface area contributed by atoms with Crippen LogP contribution in [0.3, 0.4) is 0 Å². The number of halogens is 1. The lowest BCUT2D eigenvalue weighted by Crippen LogP contribution is -2.35. The van der Waals surface area contributed by atoms with Gasteiger partial charge >= 0.3 is 0 Å². The van der Waals surface area contributed by atoms with Crippen LogP contribution in [-0.2, 0) is 0 Å². The normalized spacial score (nSPS) is 20.3. The predicted molar refractivity (Wildman–Crippen MR) is 123 cm³/mol. The number of likely N-dealkylation sites (tertiary alicyclic amines) is 1. The van der Waals surface area contributed by atoms with E-state index in [9.17, 15) is 9.50 Å². The van der Waals surface area contributed by atoms with Crippen LogP contribution in [0.4, 0.5) is 22.0 Å². The molecule has 0 spiro atoms. The smallest absolute Gasteiger partial charge is 0.249 e. The molecule has 2 aliphatic rings. The van der Waals surface area contributed by atoms with Crippen LogP contribution in [0.1, 0.15) is 70.0 Å². The standard InChI is InChI=1S/C23H34FN7O/c1-2-30-13-7-10-18(30)15-26-22-27-21(16-8-5-3-4-6-9-16)28-23(29-22)31(25)17-11-12-20(32)19(24)14-17/h11-12,14,16,18,32H,2-10,13,15,25H2,1H3,(H,26,27,28,29). The zero-order valence-corrected chi connectivity index (χ0v) is 18.8. The molecule has 8 nitrogen and oxygen atoms in total. The molecule has 174 valence electrons. The van der Waals surface area contributed by atoms with E-state index in [1.807, 2.05) is 0 Å². The van der Waals surface area contributed by atoms with E-state index in [0.29, 0.717) is 17.7 Å². The van der Waals surface area contributed by atoms with Gasteiger partial charge in [0.05, 0.1) is 5.69 Å². The summed E-state index contributed by atoms with van der Waals surface area (Å²) in [6, 6.07) is 4.45. The number of hydrogen-bond acceptors (Lipinski definition) is 8. The fourth-order valence-corrected chi connectivity index (χ4v) is 4.80. The molecule has 1 saturated heterocycles. The molecular weight excluding hydrogens is 409 g/mol. The van der Waals surface area contributed by atoms with E-state index in [2.05, 4.69) is 27.1 Å². The second kappa shape index (κ2) is 10.4.